The van der Waals surface area contributed by atoms with Crippen LogP contribution in [0.3, 0.4) is 0 Å². The fourth-order valence-corrected chi connectivity index (χ4v) is 2.21. The Morgan fingerprint density at radius 2 is 2.37 bits per heavy atom. The fraction of sp³-hybridized carbons (Fsp3) is 0.500. The molecular weight excluding hydrogens is 242 g/mol. The van der Waals surface area contributed by atoms with Gasteiger partial charge in [0.15, 0.2) is 0 Å². The molecule has 0 spiro atoms. The molecular formula is C14H21N3O2. The number of carbonyl (C=O) groups is 1. The second kappa shape index (κ2) is 6.04. The van der Waals surface area contributed by atoms with Crippen LogP contribution in [0.4, 0.5) is 11.4 Å². The number of hydrogen-bond donors (Lipinski definition) is 2. The van der Waals surface area contributed by atoms with Crippen molar-refractivity contribution in [3.63, 3.8) is 0 Å². The zero-order chi connectivity index (χ0) is 13.8. The highest BCUT2D eigenvalue weighted by atomic mass is 16.5. The predicted molar refractivity (Wildman–Crippen MR) is 76.1 cm³/mol. The highest BCUT2D eigenvalue weighted by molar-refractivity contribution is 5.95. The van der Waals surface area contributed by atoms with E-state index in [4.69, 9.17) is 10.5 Å². The second-order valence-electron chi connectivity index (χ2n) is 5.07. The van der Waals surface area contributed by atoms with Crippen molar-refractivity contribution in [1.29, 1.82) is 0 Å². The van der Waals surface area contributed by atoms with Gasteiger partial charge in [0, 0.05) is 12.6 Å². The van der Waals surface area contributed by atoms with Gasteiger partial charge in [-0.1, -0.05) is 6.07 Å². The number of rotatable bonds is 4. The van der Waals surface area contributed by atoms with Crippen LogP contribution in [0.1, 0.15) is 12.0 Å². The van der Waals surface area contributed by atoms with Gasteiger partial charge >= 0.3 is 0 Å². The van der Waals surface area contributed by atoms with E-state index in [1.54, 1.807) is 0 Å². The first-order chi connectivity index (χ1) is 9.06. The van der Waals surface area contributed by atoms with Gasteiger partial charge < -0.3 is 15.8 Å². The fourth-order valence-electron chi connectivity index (χ4n) is 2.21. The lowest BCUT2D eigenvalue weighted by Gasteiger charge is -2.22. The quantitative estimate of drug-likeness (QED) is 0.802. The van der Waals surface area contributed by atoms with Gasteiger partial charge in [0.2, 0.25) is 5.91 Å². The molecule has 5 nitrogen and oxygen atoms in total. The van der Waals surface area contributed by atoms with Crippen LogP contribution in [0, 0.1) is 6.92 Å². The molecule has 1 aromatic rings. The molecule has 0 saturated carbocycles. The standard InChI is InChI=1S/C14H21N3O2/c1-10-3-4-13(12(15)7-10)16-14(18)8-17(2)11-5-6-19-9-11/h3-4,7,11H,5-6,8-9,15H2,1-2H3,(H,16,18). The normalized spacial score (nSPS) is 18.8. The van der Waals surface area contributed by atoms with E-state index in [0.717, 1.165) is 18.6 Å². The van der Waals surface area contributed by atoms with Crippen molar-refractivity contribution in [2.24, 2.45) is 0 Å². The lowest BCUT2D eigenvalue weighted by atomic mass is 10.2. The lowest BCUT2D eigenvalue weighted by Crippen LogP contribution is -2.38. The molecule has 19 heavy (non-hydrogen) atoms. The minimum absolute atomic E-state index is 0.0510. The van der Waals surface area contributed by atoms with Gasteiger partial charge in [-0.2, -0.15) is 0 Å². The molecule has 1 atom stereocenters. The van der Waals surface area contributed by atoms with Crippen LogP contribution in [-0.2, 0) is 9.53 Å². The highest BCUT2D eigenvalue weighted by Gasteiger charge is 2.21. The third-order valence-corrected chi connectivity index (χ3v) is 3.40. The van der Waals surface area contributed by atoms with Gasteiger partial charge in [-0.05, 0) is 38.1 Å². The molecule has 0 radical (unpaired) electrons. The van der Waals surface area contributed by atoms with Crippen LogP contribution in [-0.4, -0.2) is 43.7 Å². The third-order valence-electron chi connectivity index (χ3n) is 3.40. The molecule has 0 bridgehead atoms. The SMILES string of the molecule is Cc1ccc(NC(=O)CN(C)C2CCOC2)c(N)c1. The number of hydrogen-bond acceptors (Lipinski definition) is 4. The zero-order valence-electron chi connectivity index (χ0n) is 11.5. The molecule has 104 valence electrons. The van der Waals surface area contributed by atoms with E-state index in [1.807, 2.05) is 37.1 Å². The number of aryl methyl sites for hydroxylation is 1. The van der Waals surface area contributed by atoms with Crippen molar-refractivity contribution >= 4 is 17.3 Å². The Labute approximate surface area is 113 Å². The number of nitrogens with zero attached hydrogens (tertiary/aromatic N) is 1. The number of carbonyl (C=O) groups excluding carboxylic acids is 1. The molecule has 1 heterocycles. The molecule has 2 rings (SSSR count). The average Bonchev–Trinajstić information content (AvgIpc) is 2.86. The Kier molecular flexibility index (Phi) is 4.39. The smallest absolute Gasteiger partial charge is 0.238 e. The number of amides is 1. The minimum atomic E-state index is -0.0510. The van der Waals surface area contributed by atoms with E-state index in [9.17, 15) is 4.79 Å². The summed E-state index contributed by atoms with van der Waals surface area (Å²) in [6.45, 7) is 3.80. The van der Waals surface area contributed by atoms with Crippen molar-refractivity contribution in [3.8, 4) is 0 Å². The number of nitrogens with two attached hydrogens (primary N) is 1. The van der Waals surface area contributed by atoms with Crippen LogP contribution < -0.4 is 11.1 Å². The molecule has 1 unspecified atom stereocenters. The van der Waals surface area contributed by atoms with Crippen LogP contribution in [0.5, 0.6) is 0 Å². The van der Waals surface area contributed by atoms with E-state index in [0.29, 0.717) is 30.6 Å². The van der Waals surface area contributed by atoms with Crippen LogP contribution in [0.25, 0.3) is 0 Å². The van der Waals surface area contributed by atoms with Crippen molar-refractivity contribution in [2.45, 2.75) is 19.4 Å². The third kappa shape index (κ3) is 3.68. The summed E-state index contributed by atoms with van der Waals surface area (Å²) in [4.78, 5) is 14.0. The Bertz CT molecular complexity index is 456. The topological polar surface area (TPSA) is 67.6 Å². The first-order valence-electron chi connectivity index (χ1n) is 6.50. The lowest BCUT2D eigenvalue weighted by molar-refractivity contribution is -0.117. The van der Waals surface area contributed by atoms with Gasteiger partial charge in [-0.3, -0.25) is 9.69 Å². The summed E-state index contributed by atoms with van der Waals surface area (Å²) in [6, 6.07) is 5.95. The zero-order valence-corrected chi connectivity index (χ0v) is 11.5. The predicted octanol–water partition coefficient (Wildman–Crippen LogP) is 1.24. The number of anilines is 2. The molecule has 1 aromatic carbocycles. The number of benzene rings is 1. The Balaban J connectivity index is 1.89. The minimum Gasteiger partial charge on any atom is -0.397 e. The molecule has 1 fully saturated rings. The molecule has 5 heteroatoms. The van der Waals surface area contributed by atoms with E-state index in [2.05, 4.69) is 5.32 Å². The Morgan fingerprint density at radius 1 is 1.58 bits per heavy atom. The van der Waals surface area contributed by atoms with Crippen molar-refractivity contribution < 1.29 is 9.53 Å². The summed E-state index contributed by atoms with van der Waals surface area (Å²) >= 11 is 0. The van der Waals surface area contributed by atoms with E-state index >= 15 is 0 Å². The summed E-state index contributed by atoms with van der Waals surface area (Å²) in [7, 11) is 1.94. The van der Waals surface area contributed by atoms with Crippen molar-refractivity contribution in [1.82, 2.24) is 4.90 Å². The average molecular weight is 263 g/mol. The molecule has 3 N–H and O–H groups in total. The summed E-state index contributed by atoms with van der Waals surface area (Å²) < 4.78 is 5.32. The Morgan fingerprint density at radius 3 is 3.00 bits per heavy atom. The molecule has 1 aliphatic rings. The second-order valence-corrected chi connectivity index (χ2v) is 5.07. The highest BCUT2D eigenvalue weighted by Crippen LogP contribution is 2.19. The first kappa shape index (κ1) is 13.8. The maximum atomic E-state index is 12.0. The summed E-state index contributed by atoms with van der Waals surface area (Å²) in [5.41, 5.74) is 8.22. The Hall–Kier alpha value is -1.59. The van der Waals surface area contributed by atoms with Crippen molar-refractivity contribution in [3.05, 3.63) is 23.8 Å². The van der Waals surface area contributed by atoms with Crippen LogP contribution >= 0.6 is 0 Å². The van der Waals surface area contributed by atoms with Gasteiger partial charge in [0.05, 0.1) is 24.5 Å². The molecule has 0 aliphatic carbocycles. The molecule has 1 amide bonds. The van der Waals surface area contributed by atoms with Gasteiger partial charge in [-0.25, -0.2) is 0 Å². The number of nitrogens with one attached hydrogen (secondary N) is 1. The van der Waals surface area contributed by atoms with E-state index in [-0.39, 0.29) is 5.91 Å². The van der Waals surface area contributed by atoms with Gasteiger partial charge in [0.1, 0.15) is 0 Å². The number of likely N-dealkylation sites (N-methyl/N-ethyl adjacent to an activating group) is 1. The number of nitrogen functional groups attached to an aromatic ring is 1. The van der Waals surface area contributed by atoms with Crippen LogP contribution in [0.2, 0.25) is 0 Å². The largest absolute Gasteiger partial charge is 0.397 e. The monoisotopic (exact) mass is 263 g/mol. The summed E-state index contributed by atoms with van der Waals surface area (Å²) in [5, 5.41) is 2.85. The van der Waals surface area contributed by atoms with E-state index < -0.39 is 0 Å². The van der Waals surface area contributed by atoms with Gasteiger partial charge in [-0.15, -0.1) is 0 Å². The number of ether oxygens (including phenoxy) is 1. The summed E-state index contributed by atoms with van der Waals surface area (Å²) in [6.07, 6.45) is 0.983. The van der Waals surface area contributed by atoms with Crippen LogP contribution in [0.15, 0.2) is 18.2 Å². The van der Waals surface area contributed by atoms with E-state index in [1.165, 1.54) is 0 Å². The molecule has 1 saturated heterocycles. The molecule has 0 aromatic heterocycles. The maximum absolute atomic E-state index is 12.0. The van der Waals surface area contributed by atoms with Gasteiger partial charge in [0.25, 0.3) is 0 Å². The molecule has 1 aliphatic heterocycles. The maximum Gasteiger partial charge on any atom is 0.238 e. The summed E-state index contributed by atoms with van der Waals surface area (Å²) in [5.74, 6) is -0.0510. The van der Waals surface area contributed by atoms with Crippen molar-refractivity contribution in [2.75, 3.05) is 37.9 Å². The first-order valence-corrected chi connectivity index (χ1v) is 6.50.